The zero-order valence-electron chi connectivity index (χ0n) is 15.1. The van der Waals surface area contributed by atoms with Gasteiger partial charge in [0.1, 0.15) is 0 Å². The molecule has 4 aromatic rings. The van der Waals surface area contributed by atoms with E-state index in [2.05, 4.69) is 5.32 Å². The second-order valence-electron chi connectivity index (χ2n) is 6.77. The van der Waals surface area contributed by atoms with Gasteiger partial charge in [-0.1, -0.05) is 83.5 Å². The van der Waals surface area contributed by atoms with Crippen molar-refractivity contribution in [3.63, 3.8) is 0 Å². The van der Waals surface area contributed by atoms with Crippen LogP contribution in [0.4, 0.5) is 0 Å². The van der Waals surface area contributed by atoms with Crippen molar-refractivity contribution in [2.24, 2.45) is 0 Å². The molecule has 0 saturated heterocycles. The van der Waals surface area contributed by atoms with Crippen molar-refractivity contribution in [2.45, 2.75) is 15.6 Å². The first-order valence-corrected chi connectivity index (χ1v) is 11.6. The number of halogens is 2. The highest BCUT2D eigenvalue weighted by atomic mass is 35.5. The predicted octanol–water partition coefficient (Wildman–Crippen LogP) is 7.05. The fraction of sp³-hybridized carbons (Fsp3) is 0.0870. The third kappa shape index (κ3) is 3.39. The summed E-state index contributed by atoms with van der Waals surface area (Å²) in [7, 11) is 0. The molecule has 0 fully saturated rings. The first-order valence-electron chi connectivity index (χ1n) is 9.11. The summed E-state index contributed by atoms with van der Waals surface area (Å²) in [5, 5.41) is 5.62. The molecule has 2 nitrogen and oxygen atoms in total. The molecule has 2 heterocycles. The van der Waals surface area contributed by atoms with Crippen LogP contribution >= 0.6 is 46.3 Å². The Hall–Kier alpha value is -1.82. The van der Waals surface area contributed by atoms with Crippen LogP contribution in [0, 0.1) is 0 Å². The van der Waals surface area contributed by atoms with Gasteiger partial charge in [0.2, 0.25) is 0 Å². The number of benzene rings is 3. The zero-order valence-corrected chi connectivity index (χ0v) is 18.2. The smallest absolute Gasteiger partial charge is 0.194 e. The SMILES string of the molecule is O=c1c2c(sc3ccccc13)S[C@@H](c1ccccc1Cl)N[C@@H]2c1ccccc1Cl. The van der Waals surface area contributed by atoms with Crippen LogP contribution in [0.25, 0.3) is 10.1 Å². The number of nitrogens with one attached hydrogen (secondary N) is 1. The Kier molecular flexibility index (Phi) is 5.14. The van der Waals surface area contributed by atoms with E-state index in [1.165, 1.54) is 0 Å². The molecule has 0 bridgehead atoms. The van der Waals surface area contributed by atoms with E-state index in [-0.39, 0.29) is 16.8 Å². The Morgan fingerprint density at radius 3 is 2.14 bits per heavy atom. The molecule has 2 atom stereocenters. The van der Waals surface area contributed by atoms with Gasteiger partial charge in [-0.05, 0) is 35.4 Å². The molecule has 6 heteroatoms. The van der Waals surface area contributed by atoms with E-state index in [4.69, 9.17) is 23.2 Å². The van der Waals surface area contributed by atoms with Crippen molar-refractivity contribution in [1.82, 2.24) is 5.32 Å². The van der Waals surface area contributed by atoms with E-state index < -0.39 is 0 Å². The first kappa shape index (κ1) is 19.2. The summed E-state index contributed by atoms with van der Waals surface area (Å²) >= 11 is 16.3. The largest absolute Gasteiger partial charge is 0.290 e. The van der Waals surface area contributed by atoms with Crippen molar-refractivity contribution in [3.05, 3.63) is 110 Å². The summed E-state index contributed by atoms with van der Waals surface area (Å²) in [6.45, 7) is 0. The summed E-state index contributed by atoms with van der Waals surface area (Å²) < 4.78 is 1.99. The molecule has 1 aromatic heterocycles. The summed E-state index contributed by atoms with van der Waals surface area (Å²) in [6, 6.07) is 22.9. The van der Waals surface area contributed by atoms with Crippen LogP contribution in [-0.4, -0.2) is 0 Å². The van der Waals surface area contributed by atoms with Crippen LogP contribution in [0.1, 0.15) is 28.1 Å². The number of thioether (sulfide) groups is 1. The molecule has 5 rings (SSSR count). The lowest BCUT2D eigenvalue weighted by Gasteiger charge is -2.33. The Morgan fingerprint density at radius 2 is 1.41 bits per heavy atom. The quantitative estimate of drug-likeness (QED) is 0.350. The van der Waals surface area contributed by atoms with Gasteiger partial charge in [-0.25, -0.2) is 0 Å². The maximum absolute atomic E-state index is 13.5. The molecule has 1 aliphatic heterocycles. The summed E-state index contributed by atoms with van der Waals surface area (Å²) in [4.78, 5) is 13.5. The predicted molar refractivity (Wildman–Crippen MR) is 125 cm³/mol. The van der Waals surface area contributed by atoms with Crippen molar-refractivity contribution in [2.75, 3.05) is 0 Å². The number of hydrogen-bond donors (Lipinski definition) is 1. The number of hydrogen-bond acceptors (Lipinski definition) is 4. The first-order chi connectivity index (χ1) is 14.1. The standard InChI is InChI=1S/C23H15Cl2NOS2/c24-16-10-4-1-7-13(16)20-19-21(27)15-9-3-6-12-18(15)28-23(19)29-22(26-20)14-8-2-5-11-17(14)25/h1-12,20,22,26H/t20-,22+/m1/s1. The molecule has 0 amide bonds. The molecule has 0 aliphatic carbocycles. The molecule has 0 saturated carbocycles. The molecular weight excluding hydrogens is 441 g/mol. The zero-order chi connectivity index (χ0) is 20.0. The van der Waals surface area contributed by atoms with Gasteiger partial charge in [0, 0.05) is 25.7 Å². The number of rotatable bonds is 2. The molecule has 0 spiro atoms. The molecule has 0 radical (unpaired) electrons. The molecule has 0 unspecified atom stereocenters. The lowest BCUT2D eigenvalue weighted by Crippen LogP contribution is -2.33. The summed E-state index contributed by atoms with van der Waals surface area (Å²) in [5.74, 6) is 0. The van der Waals surface area contributed by atoms with Crippen LogP contribution in [0.15, 0.2) is 81.8 Å². The molecule has 1 aliphatic rings. The fourth-order valence-corrected chi connectivity index (χ4v) is 6.97. The lowest BCUT2D eigenvalue weighted by molar-refractivity contribution is 0.575. The van der Waals surface area contributed by atoms with Gasteiger partial charge in [-0.15, -0.1) is 11.3 Å². The molecule has 1 N–H and O–H groups in total. The van der Waals surface area contributed by atoms with Crippen LogP contribution in [0.5, 0.6) is 0 Å². The van der Waals surface area contributed by atoms with E-state index >= 15 is 0 Å². The summed E-state index contributed by atoms with van der Waals surface area (Å²) in [6.07, 6.45) is 0. The molecule has 3 aromatic carbocycles. The third-order valence-electron chi connectivity index (χ3n) is 5.03. The van der Waals surface area contributed by atoms with Crippen LogP contribution in [0.2, 0.25) is 10.0 Å². The van der Waals surface area contributed by atoms with Crippen LogP contribution < -0.4 is 10.7 Å². The highest BCUT2D eigenvalue weighted by molar-refractivity contribution is 8.01. The van der Waals surface area contributed by atoms with Crippen molar-refractivity contribution < 1.29 is 0 Å². The topological polar surface area (TPSA) is 29.1 Å². The van der Waals surface area contributed by atoms with E-state index in [0.717, 1.165) is 31.0 Å². The van der Waals surface area contributed by atoms with Gasteiger partial charge >= 0.3 is 0 Å². The summed E-state index contributed by atoms with van der Waals surface area (Å²) in [5.41, 5.74) is 2.70. The van der Waals surface area contributed by atoms with Crippen molar-refractivity contribution in [3.8, 4) is 0 Å². The van der Waals surface area contributed by atoms with Gasteiger partial charge in [-0.3, -0.25) is 10.1 Å². The Labute approximate surface area is 186 Å². The van der Waals surface area contributed by atoms with Crippen molar-refractivity contribution >= 4 is 56.4 Å². The number of fused-ring (bicyclic) bond motifs is 2. The molecular formula is C23H15Cl2NOS2. The Bertz CT molecular complexity index is 1290. The average molecular weight is 456 g/mol. The minimum Gasteiger partial charge on any atom is -0.290 e. The molecule has 144 valence electrons. The van der Waals surface area contributed by atoms with Gasteiger partial charge in [0.15, 0.2) is 5.43 Å². The normalized spacial score (nSPS) is 18.6. The van der Waals surface area contributed by atoms with Gasteiger partial charge in [0.25, 0.3) is 0 Å². The van der Waals surface area contributed by atoms with Crippen molar-refractivity contribution in [1.29, 1.82) is 0 Å². The Balaban J connectivity index is 1.76. The average Bonchev–Trinajstić information content (AvgIpc) is 2.74. The van der Waals surface area contributed by atoms with Gasteiger partial charge < -0.3 is 0 Å². The fourth-order valence-electron chi connectivity index (χ4n) is 3.64. The minimum atomic E-state index is -0.311. The second-order valence-corrected chi connectivity index (χ2v) is 10.0. The molecule has 29 heavy (non-hydrogen) atoms. The highest BCUT2D eigenvalue weighted by Gasteiger charge is 2.34. The van der Waals surface area contributed by atoms with Crippen LogP contribution in [-0.2, 0) is 0 Å². The third-order valence-corrected chi connectivity index (χ3v) is 8.30. The highest BCUT2D eigenvalue weighted by Crippen LogP contribution is 2.49. The van der Waals surface area contributed by atoms with E-state index in [0.29, 0.717) is 10.0 Å². The monoisotopic (exact) mass is 455 g/mol. The Morgan fingerprint density at radius 1 is 0.793 bits per heavy atom. The maximum atomic E-state index is 13.5. The minimum absolute atomic E-state index is 0.0527. The van der Waals surface area contributed by atoms with Gasteiger partial charge in [-0.2, -0.15) is 0 Å². The van der Waals surface area contributed by atoms with E-state index in [1.807, 2.05) is 72.8 Å². The van der Waals surface area contributed by atoms with E-state index in [1.54, 1.807) is 23.1 Å². The van der Waals surface area contributed by atoms with Gasteiger partial charge in [0.05, 0.1) is 15.6 Å². The second kappa shape index (κ2) is 7.78. The maximum Gasteiger partial charge on any atom is 0.194 e. The lowest BCUT2D eigenvalue weighted by atomic mass is 9.98. The van der Waals surface area contributed by atoms with Crippen LogP contribution in [0.3, 0.4) is 0 Å². The van der Waals surface area contributed by atoms with E-state index in [9.17, 15) is 4.79 Å².